The Morgan fingerprint density at radius 1 is 1.27 bits per heavy atom. The highest BCUT2D eigenvalue weighted by molar-refractivity contribution is 5.81. The van der Waals surface area contributed by atoms with Gasteiger partial charge in [0.1, 0.15) is 0 Å². The van der Waals surface area contributed by atoms with E-state index in [4.69, 9.17) is 0 Å². The van der Waals surface area contributed by atoms with Crippen molar-refractivity contribution in [1.82, 2.24) is 14.5 Å². The van der Waals surface area contributed by atoms with Gasteiger partial charge in [-0.15, -0.1) is 0 Å². The van der Waals surface area contributed by atoms with Crippen molar-refractivity contribution in [3.05, 3.63) is 39.9 Å². The number of fused-ring (bicyclic) bond motifs is 1. The standard InChI is InChI=1S/C18H25N3O/c1-13-7-8-16-17(14(13)2)19-12-21(18(16)22)11-9-15-6-4-5-10-20(15)3/h7-8,12,15H,4-6,9-11H2,1-3H3. The first kappa shape index (κ1) is 15.2. The Balaban J connectivity index is 1.84. The van der Waals surface area contributed by atoms with Gasteiger partial charge in [0.2, 0.25) is 0 Å². The second-order valence-corrected chi connectivity index (χ2v) is 6.57. The monoisotopic (exact) mass is 299 g/mol. The molecular formula is C18H25N3O. The molecular weight excluding hydrogens is 274 g/mol. The molecule has 0 aliphatic carbocycles. The van der Waals surface area contributed by atoms with E-state index < -0.39 is 0 Å². The maximum atomic E-state index is 12.7. The molecule has 1 saturated heterocycles. The third kappa shape index (κ3) is 2.80. The Hall–Kier alpha value is -1.68. The van der Waals surface area contributed by atoms with Gasteiger partial charge in [-0.2, -0.15) is 0 Å². The number of nitrogens with zero attached hydrogens (tertiary/aromatic N) is 3. The van der Waals surface area contributed by atoms with Gasteiger partial charge in [0.25, 0.3) is 5.56 Å². The van der Waals surface area contributed by atoms with Crippen LogP contribution in [0.5, 0.6) is 0 Å². The molecule has 1 aromatic carbocycles. The van der Waals surface area contributed by atoms with Crippen LogP contribution >= 0.6 is 0 Å². The van der Waals surface area contributed by atoms with Gasteiger partial charge in [-0.05, 0) is 63.9 Å². The van der Waals surface area contributed by atoms with Crippen LogP contribution in [-0.4, -0.2) is 34.1 Å². The maximum Gasteiger partial charge on any atom is 0.261 e. The lowest BCUT2D eigenvalue weighted by Crippen LogP contribution is -2.37. The van der Waals surface area contributed by atoms with Crippen molar-refractivity contribution in [2.75, 3.05) is 13.6 Å². The largest absolute Gasteiger partial charge is 0.303 e. The molecule has 0 saturated carbocycles. The van der Waals surface area contributed by atoms with E-state index in [0.717, 1.165) is 29.4 Å². The zero-order valence-electron chi connectivity index (χ0n) is 13.8. The van der Waals surface area contributed by atoms with Gasteiger partial charge in [-0.25, -0.2) is 4.98 Å². The van der Waals surface area contributed by atoms with E-state index in [9.17, 15) is 4.79 Å². The minimum absolute atomic E-state index is 0.0894. The second-order valence-electron chi connectivity index (χ2n) is 6.57. The van der Waals surface area contributed by atoms with Crippen LogP contribution in [0.4, 0.5) is 0 Å². The van der Waals surface area contributed by atoms with Gasteiger partial charge in [-0.3, -0.25) is 9.36 Å². The molecule has 1 atom stereocenters. The molecule has 1 aliphatic rings. The zero-order chi connectivity index (χ0) is 15.7. The number of hydrogen-bond acceptors (Lipinski definition) is 3. The Bertz CT molecular complexity index is 735. The molecule has 1 aliphatic heterocycles. The lowest BCUT2D eigenvalue weighted by molar-refractivity contribution is 0.170. The van der Waals surface area contributed by atoms with Gasteiger partial charge >= 0.3 is 0 Å². The number of aryl methyl sites for hydroxylation is 3. The Morgan fingerprint density at radius 2 is 2.09 bits per heavy atom. The van der Waals surface area contributed by atoms with Crippen molar-refractivity contribution >= 4 is 10.9 Å². The summed E-state index contributed by atoms with van der Waals surface area (Å²) >= 11 is 0. The highest BCUT2D eigenvalue weighted by Crippen LogP contribution is 2.19. The lowest BCUT2D eigenvalue weighted by atomic mass is 10.00. The third-order valence-electron chi connectivity index (χ3n) is 5.14. The topological polar surface area (TPSA) is 38.1 Å². The summed E-state index contributed by atoms with van der Waals surface area (Å²) in [6, 6.07) is 4.52. The molecule has 3 rings (SSSR count). The number of hydrogen-bond donors (Lipinski definition) is 0. The van der Waals surface area contributed by atoms with E-state index in [1.807, 2.05) is 19.1 Å². The molecule has 4 heteroatoms. The van der Waals surface area contributed by atoms with Crippen molar-refractivity contribution in [2.24, 2.45) is 0 Å². The van der Waals surface area contributed by atoms with Gasteiger partial charge in [-0.1, -0.05) is 12.5 Å². The molecule has 22 heavy (non-hydrogen) atoms. The SMILES string of the molecule is Cc1ccc2c(=O)n(CCC3CCCCN3C)cnc2c1C. The van der Waals surface area contributed by atoms with Crippen LogP contribution in [0.3, 0.4) is 0 Å². The van der Waals surface area contributed by atoms with Gasteiger partial charge in [0.15, 0.2) is 0 Å². The van der Waals surface area contributed by atoms with Gasteiger partial charge < -0.3 is 4.90 Å². The molecule has 0 bridgehead atoms. The van der Waals surface area contributed by atoms with Crippen LogP contribution in [-0.2, 0) is 6.54 Å². The fourth-order valence-electron chi connectivity index (χ4n) is 3.43. The fourth-order valence-corrected chi connectivity index (χ4v) is 3.43. The van der Waals surface area contributed by atoms with E-state index in [-0.39, 0.29) is 5.56 Å². The normalized spacial score (nSPS) is 19.7. The Morgan fingerprint density at radius 3 is 2.86 bits per heavy atom. The van der Waals surface area contributed by atoms with Crippen molar-refractivity contribution in [2.45, 2.75) is 52.1 Å². The molecule has 1 aromatic heterocycles. The third-order valence-corrected chi connectivity index (χ3v) is 5.14. The van der Waals surface area contributed by atoms with Crippen LogP contribution in [0, 0.1) is 13.8 Å². The number of aromatic nitrogens is 2. The molecule has 0 radical (unpaired) electrons. The van der Waals surface area contributed by atoms with Crippen LogP contribution < -0.4 is 5.56 Å². The van der Waals surface area contributed by atoms with Crippen LogP contribution in [0.2, 0.25) is 0 Å². The van der Waals surface area contributed by atoms with E-state index in [2.05, 4.69) is 23.9 Å². The van der Waals surface area contributed by atoms with Crippen LogP contribution in [0.25, 0.3) is 10.9 Å². The van der Waals surface area contributed by atoms with E-state index >= 15 is 0 Å². The predicted molar refractivity (Wildman–Crippen MR) is 90.4 cm³/mol. The first-order chi connectivity index (χ1) is 10.6. The molecule has 0 amide bonds. The first-order valence-corrected chi connectivity index (χ1v) is 8.23. The minimum Gasteiger partial charge on any atom is -0.303 e. The highest BCUT2D eigenvalue weighted by Gasteiger charge is 2.18. The van der Waals surface area contributed by atoms with E-state index in [1.165, 1.54) is 31.4 Å². The summed E-state index contributed by atoms with van der Waals surface area (Å²) < 4.78 is 1.78. The van der Waals surface area contributed by atoms with E-state index in [0.29, 0.717) is 6.04 Å². The molecule has 1 unspecified atom stereocenters. The summed E-state index contributed by atoms with van der Waals surface area (Å²) in [5.74, 6) is 0. The minimum atomic E-state index is 0.0894. The van der Waals surface area contributed by atoms with Crippen molar-refractivity contribution in [3.8, 4) is 0 Å². The first-order valence-electron chi connectivity index (χ1n) is 8.23. The maximum absolute atomic E-state index is 12.7. The van der Waals surface area contributed by atoms with Crippen molar-refractivity contribution in [3.63, 3.8) is 0 Å². The Kier molecular flexibility index (Phi) is 4.30. The summed E-state index contributed by atoms with van der Waals surface area (Å²) in [6.45, 7) is 6.02. The fraction of sp³-hybridized carbons (Fsp3) is 0.556. The number of benzene rings is 1. The summed E-state index contributed by atoms with van der Waals surface area (Å²) in [4.78, 5) is 19.6. The van der Waals surface area contributed by atoms with Crippen molar-refractivity contribution in [1.29, 1.82) is 0 Å². The summed E-state index contributed by atoms with van der Waals surface area (Å²) in [7, 11) is 2.19. The molecule has 0 spiro atoms. The lowest BCUT2D eigenvalue weighted by Gasteiger charge is -2.32. The molecule has 2 heterocycles. The summed E-state index contributed by atoms with van der Waals surface area (Å²) in [6.07, 6.45) is 6.58. The van der Waals surface area contributed by atoms with Gasteiger partial charge in [0.05, 0.1) is 17.2 Å². The average Bonchev–Trinajstić information content (AvgIpc) is 2.52. The quantitative estimate of drug-likeness (QED) is 0.874. The Labute approximate surface area is 131 Å². The highest BCUT2D eigenvalue weighted by atomic mass is 16.1. The molecule has 118 valence electrons. The van der Waals surface area contributed by atoms with Gasteiger partial charge in [0, 0.05) is 12.6 Å². The molecule has 0 N–H and O–H groups in total. The van der Waals surface area contributed by atoms with Crippen LogP contribution in [0.15, 0.2) is 23.3 Å². The van der Waals surface area contributed by atoms with Crippen molar-refractivity contribution < 1.29 is 0 Å². The number of likely N-dealkylation sites (tertiary alicyclic amines) is 1. The molecule has 4 nitrogen and oxygen atoms in total. The van der Waals surface area contributed by atoms with E-state index in [1.54, 1.807) is 10.9 Å². The zero-order valence-corrected chi connectivity index (χ0v) is 13.8. The summed E-state index contributed by atoms with van der Waals surface area (Å²) in [5.41, 5.74) is 3.22. The number of rotatable bonds is 3. The predicted octanol–water partition coefficient (Wildman–Crippen LogP) is 2.89. The molecule has 2 aromatic rings. The average molecular weight is 299 g/mol. The number of piperidine rings is 1. The van der Waals surface area contributed by atoms with Crippen LogP contribution in [0.1, 0.15) is 36.8 Å². The smallest absolute Gasteiger partial charge is 0.261 e. The summed E-state index contributed by atoms with van der Waals surface area (Å²) in [5, 5.41) is 0.739. The second kappa shape index (κ2) is 6.21. The molecule has 1 fully saturated rings.